The molecule has 20 aliphatic rings. The standard InChI is InChI=1S/C15H17N3OS.C13H19N3OS.C12H17N3OS.2C11H17N3OS.C10H15N3OS.C9H13N3OS.C8H11N3OS.C7H9N3OS.7ClH/c16-9-12-10-20-13-8-15(17,14(19)18(12)13)7-6-11-4-2-1-3-5-11;14-7-10-8-18-11-6-13(15,12(17)16(10)11)9-4-2-1-3-5-9;13-6-9-7-17-10-5-12(14,11(16)15(9)10)8-3-1-2-4-8;1-7(2)3-11(13)4-9-14(10(11)15)8(5-12)6-16-9;1-3-7(2)11(13)4-9-14(10(11)15)8(5-12)6-16-9;1-6(2)10(12)3-8-13(9(10)14)7(4-11)5-15-8;1-2-9(11)3-7-12(8(9)13)6(4-10)5-14-7;1-8(10)2-6-11(7(8)12)5(3-9)4-13-6;8-2-4-3-12-6-1-5(9)7(11)10(4)6;;;;;;;/h1-5,12-13H,6-8,10,17H2;9-11H,1-6,8,15H2;8-10H,1-5,7,14H2;2*7-9H,3-4,6,13H2,1-2H3;6-8H,3,5,12H2,1-2H3;6-7H,2-3,5,11H2,1H3;5-6H,2,4,10H2,1H3;4-6H,1,3,9H2;7*1H/t12-,13+,15-;10-,11+,13+;9-,10+,12+;8-,9+,11-;7-,8+,9-,11-;7-,8+,10+;6-,7+,9-;5-,6+,8-;4-,5-,6+;;;;;;;/m111101111......./s1. The van der Waals surface area contributed by atoms with Crippen LogP contribution in [-0.4, -0.2) is 302 Å². The molecular formula is C96H142Cl7N27O9S9. The third-order valence-corrected chi connectivity index (χ3v) is 43.4. The van der Waals surface area contributed by atoms with Crippen LogP contribution in [0.4, 0.5) is 0 Å². The molecule has 2 aliphatic carbocycles. The second kappa shape index (κ2) is 54.6. The van der Waals surface area contributed by atoms with Crippen LogP contribution in [0.25, 0.3) is 0 Å². The van der Waals surface area contributed by atoms with Crippen LogP contribution in [-0.2, 0) is 49.6 Å². The molecule has 18 N–H and O–H groups in total. The summed E-state index contributed by atoms with van der Waals surface area (Å²) in [6, 6.07) is 26.9. The van der Waals surface area contributed by atoms with Crippen LogP contribution in [0.15, 0.2) is 30.3 Å². The Balaban J connectivity index is 0.000000254. The van der Waals surface area contributed by atoms with Gasteiger partial charge in [-0.1, -0.05) is 117 Å². The first-order chi connectivity index (χ1) is 66.9. The van der Waals surface area contributed by atoms with Gasteiger partial charge in [-0.15, -0.1) is 193 Å². The van der Waals surface area contributed by atoms with Gasteiger partial charge in [-0.05, 0) is 93.4 Å². The first kappa shape index (κ1) is 131. The quantitative estimate of drug-likeness (QED) is 0.0996. The smallest absolute Gasteiger partial charge is 0.245 e. The van der Waals surface area contributed by atoms with Gasteiger partial charge in [-0.2, -0.15) is 47.4 Å². The van der Waals surface area contributed by atoms with Crippen molar-refractivity contribution in [1.29, 1.82) is 47.4 Å². The maximum absolute atomic E-state index is 12.6. The van der Waals surface area contributed by atoms with Gasteiger partial charge in [-0.25, -0.2) is 0 Å². The molecule has 9 amide bonds. The molecule has 18 aliphatic heterocycles. The Morgan fingerprint density at radius 2 is 0.628 bits per heavy atom. The van der Waals surface area contributed by atoms with E-state index in [0.29, 0.717) is 87.7 Å². The van der Waals surface area contributed by atoms with Crippen LogP contribution < -0.4 is 51.6 Å². The number of hydrogen-bond acceptors (Lipinski definition) is 36. The molecular weight excluding hydrogens is 2210 g/mol. The average Bonchev–Trinajstić information content (AvgIpc) is 1.52. The van der Waals surface area contributed by atoms with Crippen LogP contribution in [0.3, 0.4) is 0 Å². The van der Waals surface area contributed by atoms with E-state index in [9.17, 15) is 43.2 Å². The largest absolute Gasteiger partial charge is 0.320 e. The van der Waals surface area contributed by atoms with E-state index in [4.69, 9.17) is 99.0 Å². The zero-order valence-electron chi connectivity index (χ0n) is 84.3. The van der Waals surface area contributed by atoms with E-state index in [-0.39, 0.29) is 261 Å². The predicted octanol–water partition coefficient (Wildman–Crippen LogP) is 9.10. The number of carbonyl (C=O) groups excluding carboxylic acids is 9. The maximum Gasteiger partial charge on any atom is 0.245 e. The number of aryl methyl sites for hydroxylation is 1. The molecule has 0 spiro atoms. The van der Waals surface area contributed by atoms with Gasteiger partial charge in [0, 0.05) is 110 Å². The molecule has 52 heteroatoms. The summed E-state index contributed by atoms with van der Waals surface area (Å²) >= 11 is 15.1. The monoisotopic (exact) mass is 2350 g/mol. The number of benzene rings is 1. The lowest BCUT2D eigenvalue weighted by Gasteiger charge is -2.35. The topological polar surface area (TPSA) is 631 Å². The van der Waals surface area contributed by atoms with E-state index in [1.807, 2.05) is 52.8 Å². The Hall–Kier alpha value is -5.32. The number of nitrogens with two attached hydrogens (primary N) is 9. The fourth-order valence-electron chi connectivity index (χ4n) is 23.0. The number of rotatable bonds is 11. The highest BCUT2D eigenvalue weighted by atomic mass is 35.5. The van der Waals surface area contributed by atoms with E-state index in [2.05, 4.69) is 80.6 Å². The third-order valence-electron chi connectivity index (χ3n) is 31.7. The predicted molar refractivity (Wildman–Crippen MR) is 601 cm³/mol. The summed E-state index contributed by atoms with van der Waals surface area (Å²) in [6.45, 7) is 15.8. The zero-order chi connectivity index (χ0) is 103. The fraction of sp³-hybridized carbons (Fsp3) is 0.750. The van der Waals surface area contributed by atoms with Crippen molar-refractivity contribution < 1.29 is 43.2 Å². The molecule has 28 atom stereocenters. The van der Waals surface area contributed by atoms with Crippen molar-refractivity contribution >= 4 is 246 Å². The van der Waals surface area contributed by atoms with Crippen LogP contribution in [0.2, 0.25) is 0 Å². The minimum atomic E-state index is -0.803. The molecule has 18 heterocycles. The van der Waals surface area contributed by atoms with Gasteiger partial charge in [0.2, 0.25) is 53.2 Å². The summed E-state index contributed by atoms with van der Waals surface area (Å²) in [5.41, 5.74) is 50.5. The summed E-state index contributed by atoms with van der Waals surface area (Å²) in [7, 11) is 0. The number of carbonyl (C=O) groups is 9. The number of nitriles is 9. The highest BCUT2D eigenvalue weighted by Gasteiger charge is 2.64. The van der Waals surface area contributed by atoms with E-state index in [1.165, 1.54) is 37.7 Å². The number of amides is 9. The molecule has 0 radical (unpaired) electrons. The van der Waals surface area contributed by atoms with Crippen molar-refractivity contribution in [3.63, 3.8) is 0 Å². The van der Waals surface area contributed by atoms with Crippen LogP contribution in [0.5, 0.6) is 0 Å². The normalized spacial score (nSPS) is 37.5. The van der Waals surface area contributed by atoms with Crippen molar-refractivity contribution in [2.75, 3.05) is 51.8 Å². The highest BCUT2D eigenvalue weighted by Crippen LogP contribution is 2.53. The van der Waals surface area contributed by atoms with Gasteiger partial charge in [-0.3, -0.25) is 43.2 Å². The summed E-state index contributed by atoms with van der Waals surface area (Å²) in [5.74, 6) is 7.67. The third kappa shape index (κ3) is 26.0. The Kier molecular flexibility index (Phi) is 48.4. The maximum atomic E-state index is 12.6. The molecule has 148 heavy (non-hydrogen) atoms. The van der Waals surface area contributed by atoms with Crippen molar-refractivity contribution in [3.8, 4) is 54.6 Å². The number of nitrogens with zero attached hydrogens (tertiary/aromatic N) is 18. The molecule has 36 nitrogen and oxygen atoms in total. The zero-order valence-corrected chi connectivity index (χ0v) is 97.4. The molecule has 818 valence electrons. The number of fused-ring (bicyclic) bond motifs is 9. The molecule has 21 rings (SSSR count). The van der Waals surface area contributed by atoms with Gasteiger partial charge < -0.3 is 95.7 Å². The van der Waals surface area contributed by atoms with Crippen LogP contribution >= 0.6 is 193 Å². The SMILES string of the molecule is CC(C)C[C@@]1(N)C[C@@H]2SC[C@@H](C#N)N2C1=O.CC(C)[C@@]1(N)C[C@@H]2SC[C@@H](C#N)N2C1=O.CC[C@@]1(N)C[C@@H]2SC[C@@H](C#N)N2C1=O.CC[C@H](C)[C@@]1(N)C[C@@H]2SC[C@@H](C#N)N2C1=O.C[C@@]1(N)C[C@@H]2SC[C@@H](C#N)N2C1=O.Cl.Cl.Cl.Cl.Cl.Cl.Cl.N#C[C@@H]1CS[C@H]2C[C@@H](N)C(=O)N12.N#C[C@@H]1CS[C@H]2C[C@](N)(C3CCCC3)C(=O)N12.N#C[C@@H]1CS[C@H]2C[C@](N)(C3CCCCC3)C(=O)N12.N#C[C@@H]1CS[C@H]2C[C@](N)(CCc3ccccc3)C(=O)N12. The average molecular weight is 2360 g/mol. The van der Waals surface area contributed by atoms with Gasteiger partial charge >= 0.3 is 0 Å². The van der Waals surface area contributed by atoms with Crippen molar-refractivity contribution in [2.45, 2.75) is 356 Å². The van der Waals surface area contributed by atoms with Gasteiger partial charge in [0.25, 0.3) is 0 Å². The van der Waals surface area contributed by atoms with E-state index in [1.54, 1.807) is 157 Å². The summed E-state index contributed by atoms with van der Waals surface area (Å²) in [4.78, 5) is 125. The van der Waals surface area contributed by atoms with Crippen LogP contribution in [0.1, 0.15) is 202 Å². The highest BCUT2D eigenvalue weighted by molar-refractivity contribution is 8.02. The van der Waals surface area contributed by atoms with Crippen molar-refractivity contribution in [3.05, 3.63) is 35.9 Å². The van der Waals surface area contributed by atoms with E-state index >= 15 is 0 Å². The van der Waals surface area contributed by atoms with E-state index in [0.717, 1.165) is 97.4 Å². The minimum Gasteiger partial charge on any atom is -0.320 e. The first-order valence-corrected chi connectivity index (χ1v) is 58.5. The molecule has 0 aromatic heterocycles. The van der Waals surface area contributed by atoms with Gasteiger partial charge in [0.1, 0.15) is 76.5 Å². The van der Waals surface area contributed by atoms with Gasteiger partial charge in [0.05, 0.1) is 131 Å². The molecule has 1 aromatic carbocycles. The molecule has 20 fully saturated rings. The molecule has 2 saturated carbocycles. The lowest BCUT2D eigenvalue weighted by Crippen LogP contribution is -2.55. The summed E-state index contributed by atoms with van der Waals surface area (Å²) < 4.78 is 0. The minimum absolute atomic E-state index is 0. The first-order valence-electron chi connectivity index (χ1n) is 49.1. The molecule has 1 aromatic rings. The van der Waals surface area contributed by atoms with Crippen molar-refractivity contribution in [1.82, 2.24) is 44.1 Å². The molecule has 18 saturated heterocycles. The van der Waals surface area contributed by atoms with E-state index < -0.39 is 44.3 Å². The number of thioether (sulfide) groups is 9. The number of halogens is 7. The number of hydrogen-bond donors (Lipinski definition) is 9. The second-order valence-corrected chi connectivity index (χ2v) is 52.5. The lowest BCUT2D eigenvalue weighted by atomic mass is 9.74. The fourth-order valence-corrected chi connectivity index (χ4v) is 36.0. The Labute approximate surface area is 951 Å². The lowest BCUT2D eigenvalue weighted by molar-refractivity contribution is -0.135. The Morgan fingerprint density at radius 3 is 0.980 bits per heavy atom. The Morgan fingerprint density at radius 1 is 0.345 bits per heavy atom. The second-order valence-electron chi connectivity index (χ2n) is 41.6. The molecule has 0 unspecified atom stereocenters. The Bertz CT molecular complexity index is 5280. The van der Waals surface area contributed by atoms with Crippen LogP contribution in [0, 0.1) is 132 Å². The van der Waals surface area contributed by atoms with Crippen molar-refractivity contribution in [2.24, 2.45) is 81.2 Å². The summed E-state index contributed by atoms with van der Waals surface area (Å²) in [5, 5.41) is 81.8. The van der Waals surface area contributed by atoms with Gasteiger partial charge in [0.15, 0.2) is 0 Å². The summed E-state index contributed by atoms with van der Waals surface area (Å²) in [6.07, 6.45) is 20.2. The molecule has 0 bridgehead atoms.